The summed E-state index contributed by atoms with van der Waals surface area (Å²) in [5, 5.41) is 7.48. The van der Waals surface area contributed by atoms with Crippen LogP contribution in [0.3, 0.4) is 0 Å². The van der Waals surface area contributed by atoms with Gasteiger partial charge in [0.15, 0.2) is 5.82 Å². The zero-order valence-electron chi connectivity index (χ0n) is 14.8. The average molecular weight is 350 g/mol. The second-order valence-corrected chi connectivity index (χ2v) is 6.87. The normalized spacial score (nSPS) is 18.0. The molecule has 1 N–H and O–H groups in total. The molecule has 0 radical (unpaired) electrons. The number of halogens is 1. The molecule has 2 aromatic rings. The van der Waals surface area contributed by atoms with Gasteiger partial charge in [-0.15, -0.1) is 12.4 Å². The summed E-state index contributed by atoms with van der Waals surface area (Å²) in [5.74, 6) is 1.62. The molecular weight excluding hydrogens is 322 g/mol. The number of nitrogens with one attached hydrogen (secondary N) is 1. The first-order valence-electron chi connectivity index (χ1n) is 8.72. The van der Waals surface area contributed by atoms with E-state index in [0.717, 1.165) is 31.0 Å². The Kier molecular flexibility index (Phi) is 6.41. The standard InChI is InChI=1S/C19H27N3O.ClH/c1-14-9-5-6-10-16(14)19(11-7-4-8-12-19)18-21-17(22-23-18)13-15(2)20-3;/h5-6,9-10,15,20H,4,7-8,11-13H2,1-3H3;1H. The number of nitrogens with zero attached hydrogens (tertiary/aromatic N) is 2. The Hall–Kier alpha value is -1.39. The maximum atomic E-state index is 5.77. The molecule has 24 heavy (non-hydrogen) atoms. The lowest BCUT2D eigenvalue weighted by atomic mass is 9.68. The first-order chi connectivity index (χ1) is 11.2. The van der Waals surface area contributed by atoms with E-state index in [2.05, 4.69) is 48.6 Å². The molecule has 1 aromatic carbocycles. The van der Waals surface area contributed by atoms with Gasteiger partial charge in [0.25, 0.3) is 0 Å². The van der Waals surface area contributed by atoms with Gasteiger partial charge < -0.3 is 9.84 Å². The third-order valence-corrected chi connectivity index (χ3v) is 5.23. The van der Waals surface area contributed by atoms with Crippen molar-refractivity contribution < 1.29 is 4.52 Å². The van der Waals surface area contributed by atoms with Gasteiger partial charge in [-0.1, -0.05) is 48.7 Å². The molecule has 0 saturated heterocycles. The largest absolute Gasteiger partial charge is 0.338 e. The zero-order chi connectivity index (χ0) is 16.3. The molecule has 0 amide bonds. The Morgan fingerprint density at radius 2 is 1.92 bits per heavy atom. The van der Waals surface area contributed by atoms with E-state index in [9.17, 15) is 0 Å². The molecule has 1 unspecified atom stereocenters. The van der Waals surface area contributed by atoms with E-state index in [-0.39, 0.29) is 17.8 Å². The molecule has 4 nitrogen and oxygen atoms in total. The SMILES string of the molecule is CNC(C)Cc1noc(C2(c3ccccc3C)CCCCC2)n1.Cl. The monoisotopic (exact) mass is 349 g/mol. The maximum absolute atomic E-state index is 5.77. The van der Waals surface area contributed by atoms with E-state index in [0.29, 0.717) is 6.04 Å². The Balaban J connectivity index is 0.00000208. The van der Waals surface area contributed by atoms with Crippen LogP contribution in [0, 0.1) is 6.92 Å². The number of rotatable bonds is 5. The molecule has 1 fully saturated rings. The van der Waals surface area contributed by atoms with Crippen LogP contribution < -0.4 is 5.32 Å². The van der Waals surface area contributed by atoms with E-state index in [1.54, 1.807) is 0 Å². The minimum absolute atomic E-state index is 0. The van der Waals surface area contributed by atoms with Crippen LogP contribution in [-0.2, 0) is 11.8 Å². The highest BCUT2D eigenvalue weighted by Crippen LogP contribution is 2.45. The molecule has 5 heteroatoms. The van der Waals surface area contributed by atoms with Crippen LogP contribution in [0.25, 0.3) is 0 Å². The van der Waals surface area contributed by atoms with Gasteiger partial charge in [0.1, 0.15) is 0 Å². The van der Waals surface area contributed by atoms with Crippen LogP contribution in [0.4, 0.5) is 0 Å². The summed E-state index contributed by atoms with van der Waals surface area (Å²) in [4.78, 5) is 4.79. The molecule has 3 rings (SSSR count). The number of aromatic nitrogens is 2. The van der Waals surface area contributed by atoms with Crippen LogP contribution >= 0.6 is 12.4 Å². The molecule has 0 aliphatic heterocycles. The van der Waals surface area contributed by atoms with Crippen molar-refractivity contribution in [1.29, 1.82) is 0 Å². The van der Waals surface area contributed by atoms with Crippen molar-refractivity contribution in [1.82, 2.24) is 15.5 Å². The highest BCUT2D eigenvalue weighted by molar-refractivity contribution is 5.85. The highest BCUT2D eigenvalue weighted by atomic mass is 35.5. The average Bonchev–Trinajstić information content (AvgIpc) is 3.05. The van der Waals surface area contributed by atoms with Crippen LogP contribution in [0.1, 0.15) is 61.9 Å². The topological polar surface area (TPSA) is 51.0 Å². The first kappa shape index (κ1) is 18.9. The van der Waals surface area contributed by atoms with Gasteiger partial charge in [-0.25, -0.2) is 0 Å². The molecular formula is C19H28ClN3O. The molecule has 1 atom stereocenters. The van der Waals surface area contributed by atoms with Crippen LogP contribution in [0.5, 0.6) is 0 Å². The van der Waals surface area contributed by atoms with Gasteiger partial charge in [0.05, 0.1) is 5.41 Å². The van der Waals surface area contributed by atoms with E-state index < -0.39 is 0 Å². The second-order valence-electron chi connectivity index (χ2n) is 6.87. The minimum Gasteiger partial charge on any atom is -0.338 e. The first-order valence-corrected chi connectivity index (χ1v) is 8.72. The summed E-state index contributed by atoms with van der Waals surface area (Å²) >= 11 is 0. The smallest absolute Gasteiger partial charge is 0.237 e. The summed E-state index contributed by atoms with van der Waals surface area (Å²) in [6.45, 7) is 4.32. The van der Waals surface area contributed by atoms with E-state index >= 15 is 0 Å². The molecule has 1 aliphatic rings. The van der Waals surface area contributed by atoms with Gasteiger partial charge in [0.2, 0.25) is 5.89 Å². The Morgan fingerprint density at radius 3 is 2.58 bits per heavy atom. The second kappa shape index (κ2) is 8.13. The lowest BCUT2D eigenvalue weighted by Gasteiger charge is -2.35. The number of likely N-dealkylation sites (N-methyl/N-ethyl adjacent to an activating group) is 1. The van der Waals surface area contributed by atoms with Crippen molar-refractivity contribution in [2.24, 2.45) is 0 Å². The molecule has 1 heterocycles. The molecule has 132 valence electrons. The summed E-state index contributed by atoms with van der Waals surface area (Å²) in [7, 11) is 1.96. The van der Waals surface area contributed by atoms with Crippen molar-refractivity contribution >= 4 is 12.4 Å². The number of benzene rings is 1. The van der Waals surface area contributed by atoms with Gasteiger partial charge in [-0.05, 0) is 44.9 Å². The van der Waals surface area contributed by atoms with Crippen molar-refractivity contribution in [2.75, 3.05) is 7.05 Å². The fourth-order valence-corrected chi connectivity index (χ4v) is 3.77. The van der Waals surface area contributed by atoms with Gasteiger partial charge in [-0.2, -0.15) is 4.98 Å². The van der Waals surface area contributed by atoms with E-state index in [1.807, 2.05) is 7.05 Å². The summed E-state index contributed by atoms with van der Waals surface area (Å²) in [6.07, 6.45) is 6.73. The van der Waals surface area contributed by atoms with Crippen molar-refractivity contribution in [3.05, 3.63) is 47.1 Å². The van der Waals surface area contributed by atoms with Crippen molar-refractivity contribution in [3.63, 3.8) is 0 Å². The Bertz CT molecular complexity index is 650. The van der Waals surface area contributed by atoms with Crippen LogP contribution in [0.15, 0.2) is 28.8 Å². The van der Waals surface area contributed by atoms with Gasteiger partial charge >= 0.3 is 0 Å². The molecule has 0 bridgehead atoms. The fourth-order valence-electron chi connectivity index (χ4n) is 3.77. The van der Waals surface area contributed by atoms with Crippen molar-refractivity contribution in [3.8, 4) is 0 Å². The predicted octanol–water partition coefficient (Wildman–Crippen LogP) is 4.20. The molecule has 1 aromatic heterocycles. The van der Waals surface area contributed by atoms with Crippen LogP contribution in [-0.4, -0.2) is 23.2 Å². The lowest BCUT2D eigenvalue weighted by Crippen LogP contribution is -2.32. The van der Waals surface area contributed by atoms with Crippen LogP contribution in [0.2, 0.25) is 0 Å². The quantitative estimate of drug-likeness (QED) is 0.878. The van der Waals surface area contributed by atoms with Gasteiger partial charge in [-0.3, -0.25) is 0 Å². The molecule has 1 aliphatic carbocycles. The third kappa shape index (κ3) is 3.65. The zero-order valence-corrected chi connectivity index (χ0v) is 15.7. The predicted molar refractivity (Wildman–Crippen MR) is 98.8 cm³/mol. The maximum Gasteiger partial charge on any atom is 0.237 e. The molecule has 0 spiro atoms. The summed E-state index contributed by atoms with van der Waals surface area (Å²) in [5.41, 5.74) is 2.58. The summed E-state index contributed by atoms with van der Waals surface area (Å²) < 4.78 is 5.77. The minimum atomic E-state index is -0.0995. The fraction of sp³-hybridized carbons (Fsp3) is 0.579. The third-order valence-electron chi connectivity index (χ3n) is 5.23. The number of hydrogen-bond acceptors (Lipinski definition) is 4. The number of hydrogen-bond donors (Lipinski definition) is 1. The van der Waals surface area contributed by atoms with E-state index in [1.165, 1.54) is 30.4 Å². The molecule has 1 saturated carbocycles. The number of aryl methyl sites for hydroxylation is 1. The Morgan fingerprint density at radius 1 is 1.21 bits per heavy atom. The van der Waals surface area contributed by atoms with Crippen molar-refractivity contribution in [2.45, 2.75) is 63.8 Å². The highest BCUT2D eigenvalue weighted by Gasteiger charge is 2.41. The lowest BCUT2D eigenvalue weighted by molar-refractivity contribution is 0.249. The van der Waals surface area contributed by atoms with E-state index in [4.69, 9.17) is 9.51 Å². The summed E-state index contributed by atoms with van der Waals surface area (Å²) in [6, 6.07) is 9.00. The Labute approximate surface area is 150 Å². The van der Waals surface area contributed by atoms with Gasteiger partial charge in [0, 0.05) is 12.5 Å².